The van der Waals surface area contributed by atoms with Crippen molar-refractivity contribution in [1.82, 2.24) is 0 Å². The van der Waals surface area contributed by atoms with Crippen molar-refractivity contribution in [3.05, 3.63) is 65.7 Å². The number of carbonyl (C=O) groups is 1. The third-order valence-corrected chi connectivity index (χ3v) is 2.78. The maximum absolute atomic E-state index is 12.0. The highest BCUT2D eigenvalue weighted by atomic mass is 16.5. The van der Waals surface area contributed by atoms with Gasteiger partial charge in [-0.05, 0) is 49.4 Å². The monoisotopic (exact) mass is 268 g/mol. The second-order valence-corrected chi connectivity index (χ2v) is 4.22. The number of para-hydroxylation sites is 1. The molecule has 0 bridgehead atoms. The van der Waals surface area contributed by atoms with Crippen LogP contribution in [0, 0.1) is 0 Å². The number of hydrogen-bond acceptors (Lipinski definition) is 3. The first kappa shape index (κ1) is 13.9. The van der Waals surface area contributed by atoms with Gasteiger partial charge in [-0.25, -0.2) is 0 Å². The average Bonchev–Trinajstić information content (AvgIpc) is 2.47. The summed E-state index contributed by atoms with van der Waals surface area (Å²) in [6, 6.07) is 13.7. The summed E-state index contributed by atoms with van der Waals surface area (Å²) in [5.74, 6) is 0.785. The van der Waals surface area contributed by atoms with Gasteiger partial charge in [0, 0.05) is 11.1 Å². The molecule has 3 heteroatoms. The van der Waals surface area contributed by atoms with Crippen LogP contribution >= 0.6 is 0 Å². The molecule has 0 aliphatic rings. The molecule has 0 atom stereocenters. The van der Waals surface area contributed by atoms with Gasteiger partial charge in [0.25, 0.3) is 0 Å². The molecule has 20 heavy (non-hydrogen) atoms. The summed E-state index contributed by atoms with van der Waals surface area (Å²) in [7, 11) is 0. The van der Waals surface area contributed by atoms with Gasteiger partial charge in [0.1, 0.15) is 11.5 Å². The number of phenols is 1. The maximum atomic E-state index is 12.0. The molecule has 0 amide bonds. The zero-order valence-corrected chi connectivity index (χ0v) is 11.2. The fraction of sp³-hybridized carbons (Fsp3) is 0.118. The number of hydrogen-bond donors (Lipinski definition) is 1. The van der Waals surface area contributed by atoms with Gasteiger partial charge in [-0.2, -0.15) is 0 Å². The summed E-state index contributed by atoms with van der Waals surface area (Å²) in [6.45, 7) is 2.50. The second-order valence-electron chi connectivity index (χ2n) is 4.22. The third kappa shape index (κ3) is 3.48. The molecule has 2 aromatic carbocycles. The van der Waals surface area contributed by atoms with Crippen LogP contribution < -0.4 is 4.74 Å². The van der Waals surface area contributed by atoms with E-state index in [1.165, 1.54) is 18.2 Å². The highest BCUT2D eigenvalue weighted by Gasteiger charge is 2.03. The van der Waals surface area contributed by atoms with Crippen molar-refractivity contribution in [3.63, 3.8) is 0 Å². The number of ether oxygens (including phenoxy) is 1. The van der Waals surface area contributed by atoms with Crippen LogP contribution in [-0.2, 0) is 0 Å². The van der Waals surface area contributed by atoms with Crippen LogP contribution in [0.5, 0.6) is 11.5 Å². The lowest BCUT2D eigenvalue weighted by Crippen LogP contribution is -1.95. The highest BCUT2D eigenvalue weighted by Crippen LogP contribution is 2.20. The molecular formula is C17H16O3. The topological polar surface area (TPSA) is 46.5 Å². The van der Waals surface area contributed by atoms with E-state index in [2.05, 4.69) is 0 Å². The van der Waals surface area contributed by atoms with Gasteiger partial charge in [-0.3, -0.25) is 4.79 Å². The molecule has 0 aliphatic heterocycles. The maximum Gasteiger partial charge on any atom is 0.185 e. The van der Waals surface area contributed by atoms with Crippen molar-refractivity contribution >= 4 is 11.9 Å². The summed E-state index contributed by atoms with van der Waals surface area (Å²) < 4.78 is 5.50. The van der Waals surface area contributed by atoms with Gasteiger partial charge in [-0.15, -0.1) is 0 Å². The van der Waals surface area contributed by atoms with Crippen LogP contribution in [0.15, 0.2) is 54.6 Å². The van der Waals surface area contributed by atoms with E-state index in [4.69, 9.17) is 4.74 Å². The van der Waals surface area contributed by atoms with Crippen LogP contribution in [0.3, 0.4) is 0 Å². The minimum absolute atomic E-state index is 0.115. The lowest BCUT2D eigenvalue weighted by Gasteiger charge is -2.06. The standard InChI is InChI=1S/C17H16O3/c1-2-20-17-6-4-3-5-14(17)9-12-16(19)13-7-10-15(18)11-8-13/h3-12,18H,2H2,1H3/b12-9+. The number of allylic oxidation sites excluding steroid dienone is 1. The Hall–Kier alpha value is -2.55. The molecule has 1 N–H and O–H groups in total. The Balaban J connectivity index is 2.17. The predicted molar refractivity (Wildman–Crippen MR) is 79.1 cm³/mol. The van der Waals surface area contributed by atoms with E-state index in [1.807, 2.05) is 31.2 Å². The van der Waals surface area contributed by atoms with Crippen molar-refractivity contribution in [2.75, 3.05) is 6.61 Å². The van der Waals surface area contributed by atoms with E-state index < -0.39 is 0 Å². The molecule has 0 fully saturated rings. The number of benzene rings is 2. The van der Waals surface area contributed by atoms with Crippen LogP contribution in [0.1, 0.15) is 22.8 Å². The van der Waals surface area contributed by atoms with Gasteiger partial charge in [0.15, 0.2) is 5.78 Å². The molecule has 0 saturated carbocycles. The van der Waals surface area contributed by atoms with Crippen LogP contribution in [0.4, 0.5) is 0 Å². The summed E-state index contributed by atoms with van der Waals surface area (Å²) in [5.41, 5.74) is 1.40. The zero-order valence-electron chi connectivity index (χ0n) is 11.2. The Morgan fingerprint density at radius 1 is 1.15 bits per heavy atom. The number of ketones is 1. The average molecular weight is 268 g/mol. The molecule has 102 valence electrons. The van der Waals surface area contributed by atoms with Crippen molar-refractivity contribution in [2.24, 2.45) is 0 Å². The van der Waals surface area contributed by atoms with Gasteiger partial charge in [0.2, 0.25) is 0 Å². The SMILES string of the molecule is CCOc1ccccc1/C=C/C(=O)c1ccc(O)cc1. The zero-order chi connectivity index (χ0) is 14.4. The van der Waals surface area contributed by atoms with Crippen molar-refractivity contribution < 1.29 is 14.6 Å². The largest absolute Gasteiger partial charge is 0.508 e. The number of aromatic hydroxyl groups is 1. The molecule has 0 radical (unpaired) electrons. The first-order valence-corrected chi connectivity index (χ1v) is 6.44. The van der Waals surface area contributed by atoms with Crippen LogP contribution in [-0.4, -0.2) is 17.5 Å². The number of carbonyl (C=O) groups excluding carboxylic acids is 1. The Morgan fingerprint density at radius 2 is 1.85 bits per heavy atom. The van der Waals surface area contributed by atoms with Crippen molar-refractivity contribution in [1.29, 1.82) is 0 Å². The first-order valence-electron chi connectivity index (χ1n) is 6.44. The lowest BCUT2D eigenvalue weighted by molar-refractivity contribution is 0.104. The van der Waals surface area contributed by atoms with Crippen molar-refractivity contribution in [3.8, 4) is 11.5 Å². The Morgan fingerprint density at radius 3 is 2.55 bits per heavy atom. The highest BCUT2D eigenvalue weighted by molar-refractivity contribution is 6.07. The molecular weight excluding hydrogens is 252 g/mol. The summed E-state index contributed by atoms with van der Waals surface area (Å²) in [6.07, 6.45) is 3.24. The van der Waals surface area contributed by atoms with E-state index >= 15 is 0 Å². The van der Waals surface area contributed by atoms with E-state index in [0.717, 1.165) is 11.3 Å². The van der Waals surface area contributed by atoms with Crippen LogP contribution in [0.25, 0.3) is 6.08 Å². The number of phenolic OH excluding ortho intramolecular Hbond substituents is 1. The van der Waals surface area contributed by atoms with Crippen molar-refractivity contribution in [2.45, 2.75) is 6.92 Å². The number of rotatable bonds is 5. The molecule has 3 nitrogen and oxygen atoms in total. The lowest BCUT2D eigenvalue weighted by atomic mass is 10.1. The fourth-order valence-electron chi connectivity index (χ4n) is 1.79. The van der Waals surface area contributed by atoms with Crippen LogP contribution in [0.2, 0.25) is 0 Å². The first-order chi connectivity index (χ1) is 9.70. The fourth-order valence-corrected chi connectivity index (χ4v) is 1.79. The van der Waals surface area contributed by atoms with Gasteiger partial charge < -0.3 is 9.84 Å². The molecule has 2 aromatic rings. The molecule has 0 aliphatic carbocycles. The summed E-state index contributed by atoms with van der Waals surface area (Å²) in [5, 5.41) is 9.20. The van der Waals surface area contributed by atoms with Gasteiger partial charge in [0.05, 0.1) is 6.61 Å². The minimum atomic E-state index is -0.115. The molecule has 0 aromatic heterocycles. The van der Waals surface area contributed by atoms with E-state index in [0.29, 0.717) is 12.2 Å². The predicted octanol–water partition coefficient (Wildman–Crippen LogP) is 3.69. The molecule has 2 rings (SSSR count). The Kier molecular flexibility index (Phi) is 4.56. The summed E-state index contributed by atoms with van der Waals surface area (Å²) in [4.78, 5) is 12.0. The second kappa shape index (κ2) is 6.57. The van der Waals surface area contributed by atoms with E-state index in [-0.39, 0.29) is 11.5 Å². The molecule has 0 unspecified atom stereocenters. The van der Waals surface area contributed by atoms with E-state index in [9.17, 15) is 9.90 Å². The Bertz CT molecular complexity index is 612. The van der Waals surface area contributed by atoms with Gasteiger partial charge >= 0.3 is 0 Å². The minimum Gasteiger partial charge on any atom is -0.508 e. The quantitative estimate of drug-likeness (QED) is 0.664. The Labute approximate surface area is 118 Å². The van der Waals surface area contributed by atoms with E-state index in [1.54, 1.807) is 18.2 Å². The molecule has 0 spiro atoms. The smallest absolute Gasteiger partial charge is 0.185 e. The third-order valence-electron chi connectivity index (χ3n) is 2.78. The normalized spacial score (nSPS) is 10.7. The van der Waals surface area contributed by atoms with Gasteiger partial charge in [-0.1, -0.05) is 18.2 Å². The summed E-state index contributed by atoms with van der Waals surface area (Å²) >= 11 is 0. The molecule has 0 heterocycles. The molecule has 0 saturated heterocycles.